The Morgan fingerprint density at radius 3 is 2.87 bits per heavy atom. The average molecular weight is 222 g/mol. The highest BCUT2D eigenvalue weighted by molar-refractivity contribution is 7.09. The van der Waals surface area contributed by atoms with E-state index in [1.165, 1.54) is 4.88 Å². The van der Waals surface area contributed by atoms with Crippen LogP contribution in [0.25, 0.3) is 0 Å². The van der Waals surface area contributed by atoms with Crippen LogP contribution in [-0.4, -0.2) is 11.0 Å². The molecule has 0 aliphatic rings. The van der Waals surface area contributed by atoms with Gasteiger partial charge < -0.3 is 5.32 Å². The Hall–Kier alpha value is -0.850. The van der Waals surface area contributed by atoms with Crippen molar-refractivity contribution < 1.29 is 0 Å². The second kappa shape index (κ2) is 5.89. The summed E-state index contributed by atoms with van der Waals surface area (Å²) in [5.41, 5.74) is 3.01. The minimum atomic E-state index is 0.343. The fraction of sp³-hybridized carbons (Fsp3) is 0.583. The summed E-state index contributed by atoms with van der Waals surface area (Å²) in [6, 6.07) is 0.752. The smallest absolute Gasteiger partial charge is 0.0798 e. The molecule has 0 amide bonds. The van der Waals surface area contributed by atoms with Crippen LogP contribution in [0.4, 0.5) is 0 Å². The van der Waals surface area contributed by atoms with E-state index < -0.39 is 0 Å². The molecule has 0 radical (unpaired) electrons. The third-order valence-corrected chi connectivity index (χ3v) is 3.63. The Labute approximate surface area is 96.1 Å². The van der Waals surface area contributed by atoms with Gasteiger partial charge in [-0.05, 0) is 20.3 Å². The topological polar surface area (TPSA) is 24.9 Å². The molecule has 2 atom stereocenters. The van der Waals surface area contributed by atoms with Gasteiger partial charge in [-0.1, -0.05) is 6.92 Å². The van der Waals surface area contributed by atoms with E-state index in [1.807, 2.05) is 12.4 Å². The number of aryl methyl sites for hydroxylation is 1. The SMILES string of the molecule is C#CCC(CC)NC(C)c1scnc1C. The molecule has 1 rings (SSSR count). The lowest BCUT2D eigenvalue weighted by atomic mass is 10.1. The molecule has 2 nitrogen and oxygen atoms in total. The van der Waals surface area contributed by atoms with Crippen LogP contribution < -0.4 is 5.32 Å². The molecule has 1 heterocycles. The van der Waals surface area contributed by atoms with Gasteiger partial charge in [-0.15, -0.1) is 23.7 Å². The summed E-state index contributed by atoms with van der Waals surface area (Å²) in [7, 11) is 0. The number of hydrogen-bond donors (Lipinski definition) is 1. The van der Waals surface area contributed by atoms with E-state index in [9.17, 15) is 0 Å². The average Bonchev–Trinajstić information content (AvgIpc) is 2.63. The largest absolute Gasteiger partial charge is 0.306 e. The first-order valence-corrected chi connectivity index (χ1v) is 6.16. The normalized spacial score (nSPS) is 14.5. The zero-order valence-corrected chi connectivity index (χ0v) is 10.4. The number of terminal acetylenes is 1. The van der Waals surface area contributed by atoms with Gasteiger partial charge in [0.25, 0.3) is 0 Å². The van der Waals surface area contributed by atoms with Crippen LogP contribution in [0.5, 0.6) is 0 Å². The maximum atomic E-state index is 5.33. The molecule has 0 saturated carbocycles. The fourth-order valence-electron chi connectivity index (χ4n) is 1.62. The number of nitrogens with one attached hydrogen (secondary N) is 1. The summed E-state index contributed by atoms with van der Waals surface area (Å²) in [6.45, 7) is 6.37. The molecule has 0 aliphatic carbocycles. The van der Waals surface area contributed by atoms with Gasteiger partial charge in [-0.2, -0.15) is 0 Å². The van der Waals surface area contributed by atoms with Gasteiger partial charge in [0.05, 0.1) is 11.2 Å². The standard InChI is InChI=1S/C12H18N2S/c1-5-7-11(6-2)14-10(4)12-9(3)13-8-15-12/h1,8,10-11,14H,6-7H2,2-4H3. The first-order chi connectivity index (χ1) is 7.19. The zero-order valence-electron chi connectivity index (χ0n) is 9.58. The highest BCUT2D eigenvalue weighted by Crippen LogP contribution is 2.22. The van der Waals surface area contributed by atoms with Gasteiger partial charge in [0.1, 0.15) is 0 Å². The Balaban J connectivity index is 2.59. The monoisotopic (exact) mass is 222 g/mol. The van der Waals surface area contributed by atoms with Crippen molar-refractivity contribution in [2.75, 3.05) is 0 Å². The van der Waals surface area contributed by atoms with Crippen molar-refractivity contribution in [2.24, 2.45) is 0 Å². The van der Waals surface area contributed by atoms with Gasteiger partial charge in [0.15, 0.2) is 0 Å². The highest BCUT2D eigenvalue weighted by atomic mass is 32.1. The molecule has 15 heavy (non-hydrogen) atoms. The lowest BCUT2D eigenvalue weighted by Crippen LogP contribution is -2.30. The summed E-state index contributed by atoms with van der Waals surface area (Å²) in [4.78, 5) is 5.57. The highest BCUT2D eigenvalue weighted by Gasteiger charge is 2.14. The van der Waals surface area contributed by atoms with Gasteiger partial charge >= 0.3 is 0 Å². The molecule has 82 valence electrons. The Morgan fingerprint density at radius 1 is 1.67 bits per heavy atom. The maximum Gasteiger partial charge on any atom is 0.0798 e. The number of rotatable bonds is 5. The quantitative estimate of drug-likeness (QED) is 0.775. The molecular weight excluding hydrogens is 204 g/mol. The lowest BCUT2D eigenvalue weighted by Gasteiger charge is -2.20. The molecule has 2 unspecified atom stereocenters. The van der Waals surface area contributed by atoms with Crippen LogP contribution in [0.3, 0.4) is 0 Å². The van der Waals surface area contributed by atoms with Gasteiger partial charge in [-0.25, -0.2) is 4.98 Å². The van der Waals surface area contributed by atoms with E-state index >= 15 is 0 Å². The third-order valence-electron chi connectivity index (χ3n) is 2.52. The summed E-state index contributed by atoms with van der Waals surface area (Å²) >= 11 is 1.70. The predicted octanol–water partition coefficient (Wildman–Crippen LogP) is 2.90. The summed E-state index contributed by atoms with van der Waals surface area (Å²) in [5, 5.41) is 3.54. The molecule has 0 aliphatic heterocycles. The van der Waals surface area contributed by atoms with E-state index in [1.54, 1.807) is 11.3 Å². The van der Waals surface area contributed by atoms with E-state index in [4.69, 9.17) is 6.42 Å². The van der Waals surface area contributed by atoms with Gasteiger partial charge in [0.2, 0.25) is 0 Å². The number of nitrogens with zero attached hydrogens (tertiary/aromatic N) is 1. The number of thiazole rings is 1. The summed E-state index contributed by atoms with van der Waals surface area (Å²) in [5.74, 6) is 2.71. The van der Waals surface area contributed by atoms with Gasteiger partial charge in [0, 0.05) is 23.4 Å². The van der Waals surface area contributed by atoms with Crippen molar-refractivity contribution in [1.29, 1.82) is 0 Å². The first kappa shape index (κ1) is 12.2. The van der Waals surface area contributed by atoms with Crippen LogP contribution in [0.15, 0.2) is 5.51 Å². The molecule has 0 fully saturated rings. The molecule has 0 spiro atoms. The van der Waals surface area contributed by atoms with Crippen molar-refractivity contribution in [3.63, 3.8) is 0 Å². The molecule has 1 N–H and O–H groups in total. The van der Waals surface area contributed by atoms with Crippen LogP contribution in [0, 0.1) is 19.3 Å². The van der Waals surface area contributed by atoms with Crippen molar-refractivity contribution in [3.05, 3.63) is 16.1 Å². The molecule has 0 bridgehead atoms. The minimum absolute atomic E-state index is 0.343. The molecule has 1 aromatic heterocycles. The fourth-order valence-corrected chi connectivity index (χ4v) is 2.44. The van der Waals surface area contributed by atoms with Gasteiger partial charge in [-0.3, -0.25) is 0 Å². The van der Waals surface area contributed by atoms with Crippen LogP contribution in [0.2, 0.25) is 0 Å². The van der Waals surface area contributed by atoms with Crippen molar-refractivity contribution in [1.82, 2.24) is 10.3 Å². The summed E-state index contributed by atoms with van der Waals surface area (Å²) < 4.78 is 0. The van der Waals surface area contributed by atoms with E-state index in [0.29, 0.717) is 12.1 Å². The van der Waals surface area contributed by atoms with Crippen molar-refractivity contribution in [2.45, 2.75) is 45.7 Å². The number of aromatic nitrogens is 1. The minimum Gasteiger partial charge on any atom is -0.306 e. The van der Waals surface area contributed by atoms with Crippen LogP contribution in [-0.2, 0) is 0 Å². The molecule has 1 aromatic rings. The second-order valence-electron chi connectivity index (χ2n) is 3.70. The second-order valence-corrected chi connectivity index (χ2v) is 4.59. The Bertz CT molecular complexity index is 338. The molecule has 0 saturated heterocycles. The van der Waals surface area contributed by atoms with Crippen LogP contribution in [0.1, 0.15) is 43.3 Å². The first-order valence-electron chi connectivity index (χ1n) is 5.28. The molecular formula is C12H18N2S. The third kappa shape index (κ3) is 3.33. The van der Waals surface area contributed by atoms with E-state index in [0.717, 1.165) is 18.5 Å². The summed E-state index contributed by atoms with van der Waals surface area (Å²) in [6.07, 6.45) is 7.18. The number of hydrogen-bond acceptors (Lipinski definition) is 3. The van der Waals surface area contributed by atoms with Crippen molar-refractivity contribution in [3.8, 4) is 12.3 Å². The Kier molecular flexibility index (Phi) is 4.80. The predicted molar refractivity (Wildman–Crippen MR) is 65.9 cm³/mol. The Morgan fingerprint density at radius 2 is 2.40 bits per heavy atom. The van der Waals surface area contributed by atoms with E-state index in [-0.39, 0.29) is 0 Å². The van der Waals surface area contributed by atoms with Crippen molar-refractivity contribution >= 4 is 11.3 Å². The van der Waals surface area contributed by atoms with Crippen LogP contribution >= 0.6 is 11.3 Å². The molecule has 3 heteroatoms. The van der Waals surface area contributed by atoms with E-state index in [2.05, 4.69) is 30.1 Å². The maximum absolute atomic E-state index is 5.33. The molecule has 0 aromatic carbocycles. The zero-order chi connectivity index (χ0) is 11.3. The lowest BCUT2D eigenvalue weighted by molar-refractivity contribution is 0.451.